The molecule has 0 atom stereocenters. The summed E-state index contributed by atoms with van der Waals surface area (Å²) in [5.74, 6) is 0. The molecule has 0 saturated heterocycles. The minimum absolute atomic E-state index is 0.750. The number of pyridine rings is 1. The van der Waals surface area contributed by atoms with E-state index in [0.29, 0.717) is 0 Å². The van der Waals surface area contributed by atoms with Crippen LogP contribution in [0.5, 0.6) is 0 Å². The summed E-state index contributed by atoms with van der Waals surface area (Å²) < 4.78 is 0. The molecule has 0 spiro atoms. The second kappa shape index (κ2) is 6.86. The first-order valence-electron chi connectivity index (χ1n) is 5.89. The Labute approximate surface area is 110 Å². The second-order valence-electron chi connectivity index (χ2n) is 3.99. The number of aromatic nitrogens is 2. The highest BCUT2D eigenvalue weighted by Crippen LogP contribution is 2.11. The topological polar surface area (TPSA) is 58.4 Å². The van der Waals surface area contributed by atoms with Crippen LogP contribution in [0.2, 0.25) is 0 Å². The lowest BCUT2D eigenvalue weighted by Gasteiger charge is -1.99. The van der Waals surface area contributed by atoms with E-state index in [1.54, 1.807) is 6.20 Å². The van der Waals surface area contributed by atoms with Crippen LogP contribution in [0.15, 0.2) is 35.1 Å². The Kier molecular flexibility index (Phi) is 4.84. The van der Waals surface area contributed by atoms with Crippen LogP contribution in [-0.2, 0) is 12.8 Å². The standard InChI is InChI=1S/C13H15N3OS/c17-15-9-13-16-12(10-18-13)6-2-1-4-11-5-3-7-14-8-11/h3,5,7-10,17H,1-2,4,6H2/b15-9-. The highest BCUT2D eigenvalue weighted by molar-refractivity contribution is 7.11. The van der Waals surface area contributed by atoms with Gasteiger partial charge >= 0.3 is 0 Å². The minimum Gasteiger partial charge on any atom is -0.411 e. The van der Waals surface area contributed by atoms with Gasteiger partial charge in [-0.3, -0.25) is 4.98 Å². The molecule has 0 amide bonds. The molecule has 2 rings (SSSR count). The number of hydrogen-bond acceptors (Lipinski definition) is 5. The summed E-state index contributed by atoms with van der Waals surface area (Å²) in [7, 11) is 0. The van der Waals surface area contributed by atoms with Gasteiger partial charge in [-0.1, -0.05) is 11.2 Å². The third-order valence-corrected chi connectivity index (χ3v) is 3.44. The molecule has 0 aromatic carbocycles. The summed E-state index contributed by atoms with van der Waals surface area (Å²) in [6.07, 6.45) is 9.34. The van der Waals surface area contributed by atoms with Gasteiger partial charge in [0.15, 0.2) is 0 Å². The first-order chi connectivity index (χ1) is 8.88. The van der Waals surface area contributed by atoms with Gasteiger partial charge < -0.3 is 5.21 Å². The molecule has 0 unspecified atom stereocenters. The lowest BCUT2D eigenvalue weighted by atomic mass is 10.1. The van der Waals surface area contributed by atoms with E-state index in [0.717, 1.165) is 36.4 Å². The molecule has 2 heterocycles. The van der Waals surface area contributed by atoms with Crippen LogP contribution in [0.25, 0.3) is 0 Å². The predicted octanol–water partition coefficient (Wildman–Crippen LogP) is 2.91. The van der Waals surface area contributed by atoms with Crippen molar-refractivity contribution in [3.8, 4) is 0 Å². The molecule has 0 aliphatic heterocycles. The van der Waals surface area contributed by atoms with Gasteiger partial charge in [0.05, 0.1) is 5.69 Å². The smallest absolute Gasteiger partial charge is 0.138 e. The fourth-order valence-electron chi connectivity index (χ4n) is 1.73. The SMILES string of the molecule is O/N=C\c1nc(CCCCc2cccnc2)cs1. The molecular formula is C13H15N3OS. The first kappa shape index (κ1) is 12.7. The predicted molar refractivity (Wildman–Crippen MR) is 72.4 cm³/mol. The lowest BCUT2D eigenvalue weighted by Crippen LogP contribution is -1.90. The monoisotopic (exact) mass is 261 g/mol. The van der Waals surface area contributed by atoms with Gasteiger partial charge in [-0.15, -0.1) is 11.3 Å². The van der Waals surface area contributed by atoms with Crippen LogP contribution >= 0.6 is 11.3 Å². The van der Waals surface area contributed by atoms with Crippen molar-refractivity contribution in [1.82, 2.24) is 9.97 Å². The van der Waals surface area contributed by atoms with E-state index >= 15 is 0 Å². The first-order valence-corrected chi connectivity index (χ1v) is 6.77. The Morgan fingerprint density at radius 3 is 3.00 bits per heavy atom. The van der Waals surface area contributed by atoms with E-state index in [1.165, 1.54) is 23.1 Å². The number of oxime groups is 1. The van der Waals surface area contributed by atoms with Crippen molar-refractivity contribution in [1.29, 1.82) is 0 Å². The quantitative estimate of drug-likeness (QED) is 0.376. The number of thiazole rings is 1. The maximum absolute atomic E-state index is 8.40. The molecule has 0 bridgehead atoms. The molecule has 0 aliphatic carbocycles. The van der Waals surface area contributed by atoms with Crippen LogP contribution in [0.1, 0.15) is 29.1 Å². The van der Waals surface area contributed by atoms with Gasteiger partial charge in [0.2, 0.25) is 0 Å². The Hall–Kier alpha value is -1.75. The zero-order valence-electron chi connectivity index (χ0n) is 9.99. The Balaban J connectivity index is 1.72. The maximum Gasteiger partial charge on any atom is 0.138 e. The average Bonchev–Trinajstić information content (AvgIpc) is 2.84. The normalized spacial score (nSPS) is 11.1. The van der Waals surface area contributed by atoms with Gasteiger partial charge in [0.25, 0.3) is 0 Å². The van der Waals surface area contributed by atoms with Crippen molar-refractivity contribution in [2.24, 2.45) is 5.16 Å². The van der Waals surface area contributed by atoms with Crippen LogP contribution < -0.4 is 0 Å². The molecule has 0 fully saturated rings. The van der Waals surface area contributed by atoms with E-state index in [4.69, 9.17) is 5.21 Å². The highest BCUT2D eigenvalue weighted by Gasteiger charge is 2.00. The third kappa shape index (κ3) is 3.92. The fraction of sp³-hybridized carbons (Fsp3) is 0.308. The zero-order chi connectivity index (χ0) is 12.6. The van der Waals surface area contributed by atoms with E-state index in [1.807, 2.05) is 17.6 Å². The minimum atomic E-state index is 0.750. The van der Waals surface area contributed by atoms with Crippen molar-refractivity contribution in [3.63, 3.8) is 0 Å². The molecular weight excluding hydrogens is 246 g/mol. The van der Waals surface area contributed by atoms with Crippen molar-refractivity contribution in [2.45, 2.75) is 25.7 Å². The maximum atomic E-state index is 8.40. The van der Waals surface area contributed by atoms with Crippen LogP contribution in [-0.4, -0.2) is 21.4 Å². The fourth-order valence-corrected chi connectivity index (χ4v) is 2.43. The number of unbranched alkanes of at least 4 members (excludes halogenated alkanes) is 1. The molecule has 94 valence electrons. The highest BCUT2D eigenvalue weighted by atomic mass is 32.1. The van der Waals surface area contributed by atoms with E-state index in [-0.39, 0.29) is 0 Å². The number of aryl methyl sites for hydroxylation is 2. The molecule has 5 heteroatoms. The summed E-state index contributed by atoms with van der Waals surface area (Å²) in [5.41, 5.74) is 2.35. The van der Waals surface area contributed by atoms with Gasteiger partial charge in [-0.05, 0) is 37.3 Å². The molecule has 4 nitrogen and oxygen atoms in total. The Morgan fingerprint density at radius 2 is 2.22 bits per heavy atom. The molecule has 0 saturated carbocycles. The van der Waals surface area contributed by atoms with Crippen molar-refractivity contribution in [2.75, 3.05) is 0 Å². The van der Waals surface area contributed by atoms with Gasteiger partial charge in [-0.2, -0.15) is 0 Å². The van der Waals surface area contributed by atoms with Gasteiger partial charge in [0.1, 0.15) is 11.2 Å². The summed E-state index contributed by atoms with van der Waals surface area (Å²) in [6, 6.07) is 4.07. The lowest BCUT2D eigenvalue weighted by molar-refractivity contribution is 0.322. The summed E-state index contributed by atoms with van der Waals surface area (Å²) in [6.45, 7) is 0. The van der Waals surface area contributed by atoms with Crippen LogP contribution in [0, 0.1) is 0 Å². The largest absolute Gasteiger partial charge is 0.411 e. The van der Waals surface area contributed by atoms with Gasteiger partial charge in [0, 0.05) is 17.8 Å². The van der Waals surface area contributed by atoms with E-state index in [9.17, 15) is 0 Å². The van der Waals surface area contributed by atoms with E-state index < -0.39 is 0 Å². The Morgan fingerprint density at radius 1 is 1.33 bits per heavy atom. The van der Waals surface area contributed by atoms with Crippen LogP contribution in [0.3, 0.4) is 0 Å². The zero-order valence-corrected chi connectivity index (χ0v) is 10.8. The summed E-state index contributed by atoms with van der Waals surface area (Å²) >= 11 is 1.50. The molecule has 0 aliphatic rings. The third-order valence-electron chi connectivity index (χ3n) is 2.61. The molecule has 2 aromatic heterocycles. The number of nitrogens with zero attached hydrogens (tertiary/aromatic N) is 3. The second-order valence-corrected chi connectivity index (χ2v) is 4.88. The Bertz CT molecular complexity index is 496. The van der Waals surface area contributed by atoms with Crippen molar-refractivity contribution < 1.29 is 5.21 Å². The summed E-state index contributed by atoms with van der Waals surface area (Å²) in [4.78, 5) is 8.44. The number of hydrogen-bond donors (Lipinski definition) is 1. The molecule has 18 heavy (non-hydrogen) atoms. The van der Waals surface area contributed by atoms with E-state index in [2.05, 4.69) is 21.2 Å². The molecule has 2 aromatic rings. The van der Waals surface area contributed by atoms with Crippen LogP contribution in [0.4, 0.5) is 0 Å². The average molecular weight is 261 g/mol. The van der Waals surface area contributed by atoms with Crippen molar-refractivity contribution >= 4 is 17.6 Å². The molecule has 0 radical (unpaired) electrons. The van der Waals surface area contributed by atoms with Crippen molar-refractivity contribution in [3.05, 3.63) is 46.2 Å². The van der Waals surface area contributed by atoms with Gasteiger partial charge in [-0.25, -0.2) is 4.98 Å². The summed E-state index contributed by atoms with van der Waals surface area (Å²) in [5, 5.41) is 14.1. The number of rotatable bonds is 6. The molecule has 1 N–H and O–H groups in total.